The second-order valence-electron chi connectivity index (χ2n) is 6.23. The summed E-state index contributed by atoms with van der Waals surface area (Å²) in [7, 11) is 0. The first-order chi connectivity index (χ1) is 13.5. The van der Waals surface area contributed by atoms with Crippen molar-refractivity contribution in [3.8, 4) is 0 Å². The number of aliphatic hydroxyl groups is 1. The molecule has 6 nitrogen and oxygen atoms in total. The molecule has 0 aliphatic heterocycles. The lowest BCUT2D eigenvalue weighted by atomic mass is 10.1. The molecule has 0 saturated heterocycles. The normalized spacial score (nSPS) is 12.0. The van der Waals surface area contributed by atoms with E-state index in [1.54, 1.807) is 24.4 Å². The topological polar surface area (TPSA) is 88.2 Å². The van der Waals surface area contributed by atoms with Gasteiger partial charge in [-0.05, 0) is 43.7 Å². The van der Waals surface area contributed by atoms with Gasteiger partial charge in [-0.15, -0.1) is 11.8 Å². The van der Waals surface area contributed by atoms with Gasteiger partial charge in [0.2, 0.25) is 0 Å². The van der Waals surface area contributed by atoms with E-state index >= 15 is 0 Å². The van der Waals surface area contributed by atoms with Crippen LogP contribution in [0.3, 0.4) is 0 Å². The summed E-state index contributed by atoms with van der Waals surface area (Å²) in [6.07, 6.45) is 0.614. The average molecular weight is 401 g/mol. The predicted octanol–water partition coefficient (Wildman–Crippen LogP) is 3.58. The zero-order chi connectivity index (χ0) is 20.1. The maximum atomic E-state index is 13.3. The summed E-state index contributed by atoms with van der Waals surface area (Å²) in [5.41, 5.74) is 2.60. The van der Waals surface area contributed by atoms with Gasteiger partial charge >= 0.3 is 0 Å². The molecular formula is C20H20FN3O3S. The zero-order valence-corrected chi connectivity index (χ0v) is 16.3. The number of pyridine rings is 1. The molecule has 0 spiro atoms. The summed E-state index contributed by atoms with van der Waals surface area (Å²) < 4.78 is 18.4. The molecule has 1 atom stereocenters. The molecule has 0 aliphatic carbocycles. The van der Waals surface area contributed by atoms with Crippen molar-refractivity contribution in [1.29, 1.82) is 0 Å². The van der Waals surface area contributed by atoms with Gasteiger partial charge in [-0.25, -0.2) is 9.37 Å². The van der Waals surface area contributed by atoms with E-state index in [4.69, 9.17) is 4.52 Å². The van der Waals surface area contributed by atoms with Crippen LogP contribution in [0.15, 0.2) is 52.1 Å². The summed E-state index contributed by atoms with van der Waals surface area (Å²) in [5, 5.41) is 17.4. The number of rotatable bonds is 7. The number of amides is 1. The van der Waals surface area contributed by atoms with E-state index < -0.39 is 11.9 Å². The molecule has 3 aromatic rings. The van der Waals surface area contributed by atoms with Crippen LogP contribution in [0.1, 0.15) is 39.0 Å². The standard InChI is InChI=1S/C20H20FN3O3S/c1-12-17(13(2)27-24-12)11-28-20-16(7-4-8-22-20)19(26)23-10-18(25)14-5-3-6-15(21)9-14/h3-9,18,25H,10-11H2,1-2H3,(H,23,26). The highest BCUT2D eigenvalue weighted by molar-refractivity contribution is 7.98. The Morgan fingerprint density at radius 3 is 2.86 bits per heavy atom. The van der Waals surface area contributed by atoms with Crippen LogP contribution in [0.4, 0.5) is 4.39 Å². The van der Waals surface area contributed by atoms with Crippen molar-refractivity contribution in [3.05, 3.63) is 76.6 Å². The van der Waals surface area contributed by atoms with E-state index in [0.717, 1.165) is 17.0 Å². The molecule has 0 radical (unpaired) electrons. The van der Waals surface area contributed by atoms with E-state index in [2.05, 4.69) is 15.5 Å². The number of nitrogens with one attached hydrogen (secondary N) is 1. The van der Waals surface area contributed by atoms with Crippen molar-refractivity contribution >= 4 is 17.7 Å². The number of aryl methyl sites for hydroxylation is 2. The van der Waals surface area contributed by atoms with Crippen LogP contribution in [-0.4, -0.2) is 27.7 Å². The maximum absolute atomic E-state index is 13.3. The highest BCUT2D eigenvalue weighted by Gasteiger charge is 2.17. The van der Waals surface area contributed by atoms with E-state index in [-0.39, 0.29) is 12.5 Å². The Labute approximate surface area is 166 Å². The molecule has 1 unspecified atom stereocenters. The molecule has 3 rings (SSSR count). The number of carbonyl (C=O) groups excluding carboxylic acids is 1. The molecule has 0 bridgehead atoms. The minimum absolute atomic E-state index is 0.0366. The van der Waals surface area contributed by atoms with Gasteiger partial charge < -0.3 is 14.9 Å². The van der Waals surface area contributed by atoms with Crippen molar-refractivity contribution in [2.75, 3.05) is 6.54 Å². The number of thioether (sulfide) groups is 1. The Morgan fingerprint density at radius 1 is 1.32 bits per heavy atom. The fourth-order valence-corrected chi connectivity index (χ4v) is 3.79. The lowest BCUT2D eigenvalue weighted by Gasteiger charge is -2.13. The van der Waals surface area contributed by atoms with Crippen molar-refractivity contribution < 1.29 is 18.8 Å². The molecule has 2 heterocycles. The largest absolute Gasteiger partial charge is 0.387 e. The summed E-state index contributed by atoms with van der Waals surface area (Å²) in [4.78, 5) is 16.9. The summed E-state index contributed by atoms with van der Waals surface area (Å²) in [6.45, 7) is 3.67. The van der Waals surface area contributed by atoms with Crippen LogP contribution >= 0.6 is 11.8 Å². The number of benzene rings is 1. The van der Waals surface area contributed by atoms with Crippen molar-refractivity contribution in [3.63, 3.8) is 0 Å². The molecule has 0 fully saturated rings. The van der Waals surface area contributed by atoms with Gasteiger partial charge in [0, 0.05) is 24.1 Å². The Bertz CT molecular complexity index is 957. The van der Waals surface area contributed by atoms with Gasteiger partial charge in [-0.3, -0.25) is 4.79 Å². The molecule has 146 valence electrons. The minimum atomic E-state index is -1.00. The van der Waals surface area contributed by atoms with Crippen LogP contribution in [-0.2, 0) is 5.75 Å². The summed E-state index contributed by atoms with van der Waals surface area (Å²) >= 11 is 1.41. The van der Waals surface area contributed by atoms with Gasteiger partial charge in [0.05, 0.1) is 17.4 Å². The lowest BCUT2D eigenvalue weighted by molar-refractivity contribution is 0.0912. The third kappa shape index (κ3) is 4.76. The number of carbonyl (C=O) groups is 1. The quantitative estimate of drug-likeness (QED) is 0.589. The first kappa shape index (κ1) is 20.0. The first-order valence-electron chi connectivity index (χ1n) is 8.67. The van der Waals surface area contributed by atoms with Crippen molar-refractivity contribution in [2.24, 2.45) is 0 Å². The maximum Gasteiger partial charge on any atom is 0.254 e. The second-order valence-corrected chi connectivity index (χ2v) is 7.19. The number of nitrogens with zero attached hydrogens (tertiary/aromatic N) is 2. The van der Waals surface area contributed by atoms with Crippen molar-refractivity contribution in [1.82, 2.24) is 15.5 Å². The third-order valence-corrected chi connectivity index (χ3v) is 5.27. The van der Waals surface area contributed by atoms with Crippen molar-refractivity contribution in [2.45, 2.75) is 30.7 Å². The van der Waals surface area contributed by atoms with E-state index in [0.29, 0.717) is 21.9 Å². The van der Waals surface area contributed by atoms with E-state index in [1.807, 2.05) is 13.8 Å². The third-order valence-electron chi connectivity index (χ3n) is 4.24. The van der Waals surface area contributed by atoms with Crippen LogP contribution in [0.5, 0.6) is 0 Å². The number of hydrogen-bond donors (Lipinski definition) is 2. The minimum Gasteiger partial charge on any atom is -0.387 e. The molecule has 2 N–H and O–H groups in total. The molecule has 1 aromatic carbocycles. The summed E-state index contributed by atoms with van der Waals surface area (Å²) in [6, 6.07) is 9.01. The number of aromatic nitrogens is 2. The predicted molar refractivity (Wildman–Crippen MR) is 103 cm³/mol. The SMILES string of the molecule is Cc1noc(C)c1CSc1ncccc1C(=O)NCC(O)c1cccc(F)c1. The average Bonchev–Trinajstić information content (AvgIpc) is 3.02. The number of halogens is 1. The van der Waals surface area contributed by atoms with E-state index in [1.165, 1.54) is 30.0 Å². The van der Waals surface area contributed by atoms with Gasteiger partial charge in [0.25, 0.3) is 5.91 Å². The summed E-state index contributed by atoms with van der Waals surface area (Å²) in [5.74, 6) is 0.521. The van der Waals surface area contributed by atoms with Crippen LogP contribution < -0.4 is 5.32 Å². The Balaban J connectivity index is 1.65. The van der Waals surface area contributed by atoms with Gasteiger partial charge in [0.1, 0.15) is 16.6 Å². The molecule has 0 aliphatic rings. The number of aliphatic hydroxyl groups excluding tert-OH is 1. The first-order valence-corrected chi connectivity index (χ1v) is 9.65. The van der Waals surface area contributed by atoms with Gasteiger partial charge in [0.15, 0.2) is 0 Å². The molecule has 0 saturated carbocycles. The smallest absolute Gasteiger partial charge is 0.254 e. The molecule has 1 amide bonds. The Kier molecular flexibility index (Phi) is 6.43. The molecular weight excluding hydrogens is 381 g/mol. The Hall–Kier alpha value is -2.71. The molecule has 2 aromatic heterocycles. The molecule has 8 heteroatoms. The van der Waals surface area contributed by atoms with Gasteiger partial charge in [-0.2, -0.15) is 0 Å². The highest BCUT2D eigenvalue weighted by Crippen LogP contribution is 2.27. The van der Waals surface area contributed by atoms with Crippen LogP contribution in [0.25, 0.3) is 0 Å². The molecule has 28 heavy (non-hydrogen) atoms. The van der Waals surface area contributed by atoms with Crippen LogP contribution in [0.2, 0.25) is 0 Å². The fourth-order valence-electron chi connectivity index (χ4n) is 2.64. The highest BCUT2D eigenvalue weighted by atomic mass is 32.2. The second kappa shape index (κ2) is 8.99. The Morgan fingerprint density at radius 2 is 2.14 bits per heavy atom. The lowest BCUT2D eigenvalue weighted by Crippen LogP contribution is -2.29. The van der Waals surface area contributed by atoms with Crippen LogP contribution in [0, 0.1) is 19.7 Å². The number of hydrogen-bond acceptors (Lipinski definition) is 6. The fraction of sp³-hybridized carbons (Fsp3) is 0.250. The monoisotopic (exact) mass is 401 g/mol. The van der Waals surface area contributed by atoms with Gasteiger partial charge in [-0.1, -0.05) is 17.3 Å². The zero-order valence-electron chi connectivity index (χ0n) is 15.5. The van der Waals surface area contributed by atoms with E-state index in [9.17, 15) is 14.3 Å².